The van der Waals surface area contributed by atoms with Crippen molar-refractivity contribution in [2.75, 3.05) is 11.9 Å². The first-order valence-corrected chi connectivity index (χ1v) is 6.05. The maximum absolute atomic E-state index is 5.67. The molecule has 94 valence electrons. The van der Waals surface area contributed by atoms with Crippen molar-refractivity contribution in [1.82, 2.24) is 10.2 Å². The van der Waals surface area contributed by atoms with E-state index in [0.29, 0.717) is 6.54 Å². The van der Waals surface area contributed by atoms with Crippen LogP contribution < -0.4 is 11.1 Å². The number of benzene rings is 1. The van der Waals surface area contributed by atoms with E-state index in [9.17, 15) is 0 Å². The van der Waals surface area contributed by atoms with Crippen LogP contribution in [0, 0.1) is 6.92 Å². The predicted octanol–water partition coefficient (Wildman–Crippen LogP) is 2.21. The lowest BCUT2D eigenvalue weighted by molar-refractivity contribution is 0.775. The third-order valence-corrected chi connectivity index (χ3v) is 2.58. The molecule has 1 aromatic carbocycles. The van der Waals surface area contributed by atoms with Crippen LogP contribution in [0.3, 0.4) is 0 Å². The molecule has 0 aliphatic rings. The summed E-state index contributed by atoms with van der Waals surface area (Å²) in [6.45, 7) is 4.70. The highest BCUT2D eigenvalue weighted by Gasteiger charge is 2.01. The zero-order valence-electron chi connectivity index (χ0n) is 10.7. The molecule has 2 aromatic rings. The number of nitrogens with two attached hydrogens (primary N) is 1. The van der Waals surface area contributed by atoms with E-state index in [1.807, 2.05) is 31.2 Å². The van der Waals surface area contributed by atoms with Crippen LogP contribution in [0.2, 0.25) is 0 Å². The average molecular weight is 242 g/mol. The van der Waals surface area contributed by atoms with E-state index in [0.717, 1.165) is 17.1 Å². The van der Waals surface area contributed by atoms with Gasteiger partial charge in [0.05, 0.1) is 5.69 Å². The highest BCUT2D eigenvalue weighted by atomic mass is 15.2. The smallest absolute Gasteiger partial charge is 0.148 e. The summed E-state index contributed by atoms with van der Waals surface area (Å²) in [5.74, 6) is 0.753. The molecular formula is C14H18N4. The van der Waals surface area contributed by atoms with E-state index in [1.165, 1.54) is 5.56 Å². The summed E-state index contributed by atoms with van der Waals surface area (Å²) in [5, 5.41) is 11.5. The van der Waals surface area contributed by atoms with Crippen molar-refractivity contribution in [2.24, 2.45) is 5.73 Å². The lowest BCUT2D eigenvalue weighted by Gasteiger charge is -2.08. The number of hydrogen-bond donors (Lipinski definition) is 2. The van der Waals surface area contributed by atoms with Crippen LogP contribution >= 0.6 is 0 Å². The highest BCUT2D eigenvalue weighted by Crippen LogP contribution is 2.18. The van der Waals surface area contributed by atoms with Gasteiger partial charge in [-0.05, 0) is 32.0 Å². The molecule has 1 unspecified atom stereocenters. The normalized spacial score (nSPS) is 12.2. The Morgan fingerprint density at radius 1 is 1.22 bits per heavy atom. The summed E-state index contributed by atoms with van der Waals surface area (Å²) in [4.78, 5) is 0. The summed E-state index contributed by atoms with van der Waals surface area (Å²) >= 11 is 0. The fourth-order valence-electron chi connectivity index (χ4n) is 1.65. The fraction of sp³-hybridized carbons (Fsp3) is 0.286. The monoisotopic (exact) mass is 242 g/mol. The summed E-state index contributed by atoms with van der Waals surface area (Å²) in [5.41, 5.74) is 8.85. The van der Waals surface area contributed by atoms with Crippen LogP contribution in [0.4, 0.5) is 5.82 Å². The van der Waals surface area contributed by atoms with Crippen LogP contribution in [-0.2, 0) is 0 Å². The number of aromatic nitrogens is 2. The van der Waals surface area contributed by atoms with E-state index < -0.39 is 0 Å². The molecule has 0 aliphatic carbocycles. The highest BCUT2D eigenvalue weighted by molar-refractivity contribution is 5.60. The van der Waals surface area contributed by atoms with Crippen molar-refractivity contribution in [3.05, 3.63) is 42.0 Å². The lowest BCUT2D eigenvalue weighted by Crippen LogP contribution is -2.25. The van der Waals surface area contributed by atoms with Gasteiger partial charge in [0, 0.05) is 18.2 Å². The molecule has 18 heavy (non-hydrogen) atoms. The second-order valence-electron chi connectivity index (χ2n) is 4.53. The van der Waals surface area contributed by atoms with Gasteiger partial charge >= 0.3 is 0 Å². The van der Waals surface area contributed by atoms with E-state index in [4.69, 9.17) is 5.73 Å². The second kappa shape index (κ2) is 5.60. The summed E-state index contributed by atoms with van der Waals surface area (Å²) in [7, 11) is 0. The fourth-order valence-corrected chi connectivity index (χ4v) is 1.65. The zero-order chi connectivity index (χ0) is 13.0. The van der Waals surface area contributed by atoms with Crippen molar-refractivity contribution in [3.63, 3.8) is 0 Å². The van der Waals surface area contributed by atoms with Crippen LogP contribution in [0.15, 0.2) is 36.4 Å². The van der Waals surface area contributed by atoms with Gasteiger partial charge in [0.2, 0.25) is 0 Å². The minimum absolute atomic E-state index is 0.100. The molecular weight excluding hydrogens is 224 g/mol. The van der Waals surface area contributed by atoms with Gasteiger partial charge in [-0.25, -0.2) is 0 Å². The zero-order valence-corrected chi connectivity index (χ0v) is 10.7. The molecule has 0 bridgehead atoms. The Morgan fingerprint density at radius 2 is 2.06 bits per heavy atom. The first-order valence-electron chi connectivity index (χ1n) is 6.05. The van der Waals surface area contributed by atoms with Gasteiger partial charge in [-0.2, -0.15) is 0 Å². The van der Waals surface area contributed by atoms with Gasteiger partial charge in [0.1, 0.15) is 5.82 Å². The van der Waals surface area contributed by atoms with Crippen molar-refractivity contribution in [3.8, 4) is 11.3 Å². The Bertz CT molecular complexity index is 505. The van der Waals surface area contributed by atoms with Crippen molar-refractivity contribution < 1.29 is 0 Å². The van der Waals surface area contributed by atoms with E-state index in [-0.39, 0.29) is 6.04 Å². The molecule has 0 fully saturated rings. The number of rotatable bonds is 4. The summed E-state index contributed by atoms with van der Waals surface area (Å²) < 4.78 is 0. The van der Waals surface area contributed by atoms with Gasteiger partial charge in [0.25, 0.3) is 0 Å². The molecule has 0 saturated heterocycles. The van der Waals surface area contributed by atoms with E-state index in [2.05, 4.69) is 34.6 Å². The Hall–Kier alpha value is -1.94. The molecule has 0 radical (unpaired) electrons. The SMILES string of the molecule is Cc1cccc(-c2ccc(NCC(C)N)nn2)c1. The minimum Gasteiger partial charge on any atom is -0.367 e. The molecule has 1 aromatic heterocycles. The third kappa shape index (κ3) is 3.28. The third-order valence-electron chi connectivity index (χ3n) is 2.58. The Kier molecular flexibility index (Phi) is 3.89. The molecule has 0 aliphatic heterocycles. The predicted molar refractivity (Wildman–Crippen MR) is 74.3 cm³/mol. The molecule has 1 atom stereocenters. The molecule has 3 N–H and O–H groups in total. The quantitative estimate of drug-likeness (QED) is 0.862. The van der Waals surface area contributed by atoms with Gasteiger partial charge in [0.15, 0.2) is 0 Å². The molecule has 0 saturated carbocycles. The molecule has 1 heterocycles. The number of nitrogens with one attached hydrogen (secondary N) is 1. The Balaban J connectivity index is 2.12. The van der Waals surface area contributed by atoms with Crippen LogP contribution in [-0.4, -0.2) is 22.8 Å². The summed E-state index contributed by atoms with van der Waals surface area (Å²) in [6, 6.07) is 12.2. The van der Waals surface area contributed by atoms with Gasteiger partial charge in [-0.1, -0.05) is 23.8 Å². The minimum atomic E-state index is 0.100. The van der Waals surface area contributed by atoms with Crippen LogP contribution in [0.1, 0.15) is 12.5 Å². The van der Waals surface area contributed by atoms with Crippen molar-refractivity contribution in [1.29, 1.82) is 0 Å². The standard InChI is InChI=1S/C14H18N4/c1-10-4-3-5-12(8-10)13-6-7-14(18-17-13)16-9-11(2)15/h3-8,11H,9,15H2,1-2H3,(H,16,18). The number of nitrogens with zero attached hydrogens (tertiary/aromatic N) is 2. The van der Waals surface area contributed by atoms with Crippen LogP contribution in [0.5, 0.6) is 0 Å². The molecule has 2 rings (SSSR count). The molecule has 4 nitrogen and oxygen atoms in total. The summed E-state index contributed by atoms with van der Waals surface area (Å²) in [6.07, 6.45) is 0. The molecule has 4 heteroatoms. The number of hydrogen-bond acceptors (Lipinski definition) is 4. The second-order valence-corrected chi connectivity index (χ2v) is 4.53. The topological polar surface area (TPSA) is 63.8 Å². The number of anilines is 1. The van der Waals surface area contributed by atoms with Crippen molar-refractivity contribution in [2.45, 2.75) is 19.9 Å². The maximum Gasteiger partial charge on any atom is 0.148 e. The van der Waals surface area contributed by atoms with E-state index in [1.54, 1.807) is 0 Å². The Labute approximate surface area is 107 Å². The maximum atomic E-state index is 5.67. The van der Waals surface area contributed by atoms with Crippen LogP contribution in [0.25, 0.3) is 11.3 Å². The molecule has 0 spiro atoms. The van der Waals surface area contributed by atoms with Gasteiger partial charge < -0.3 is 11.1 Å². The lowest BCUT2D eigenvalue weighted by atomic mass is 10.1. The first-order chi connectivity index (χ1) is 8.65. The Morgan fingerprint density at radius 3 is 2.67 bits per heavy atom. The van der Waals surface area contributed by atoms with Gasteiger partial charge in [-0.3, -0.25) is 0 Å². The molecule has 0 amide bonds. The first kappa shape index (κ1) is 12.5. The van der Waals surface area contributed by atoms with Gasteiger partial charge in [-0.15, -0.1) is 10.2 Å². The average Bonchev–Trinajstić information content (AvgIpc) is 2.37. The van der Waals surface area contributed by atoms with E-state index >= 15 is 0 Å². The largest absolute Gasteiger partial charge is 0.367 e. The van der Waals surface area contributed by atoms with Crippen molar-refractivity contribution >= 4 is 5.82 Å². The number of aryl methyl sites for hydroxylation is 1.